The average Bonchev–Trinajstić information content (AvgIpc) is 2.95. The second-order valence-electron chi connectivity index (χ2n) is 3.67. The quantitative estimate of drug-likeness (QED) is 0.633. The largest absolute Gasteiger partial charge is 0.423 e. The number of para-hydroxylation sites is 1. The molecule has 6 nitrogen and oxygen atoms in total. The summed E-state index contributed by atoms with van der Waals surface area (Å²) in [5.41, 5.74) is 0. The zero-order valence-electron chi connectivity index (χ0n) is 9.94. The van der Waals surface area contributed by atoms with Gasteiger partial charge in [-0.2, -0.15) is 20.1 Å². The van der Waals surface area contributed by atoms with Gasteiger partial charge in [0.15, 0.2) is 0 Å². The molecule has 3 rings (SSSR count). The lowest BCUT2D eigenvalue weighted by atomic mass is 10.3. The van der Waals surface area contributed by atoms with Crippen molar-refractivity contribution in [1.82, 2.24) is 24.7 Å². The number of hydrogen-bond donors (Lipinski definition) is 0. The summed E-state index contributed by atoms with van der Waals surface area (Å²) < 4.78 is 8.06. The summed E-state index contributed by atoms with van der Waals surface area (Å²) in [4.78, 5) is 12.1. The smallest absolute Gasteiger partial charge is 0.328 e. The predicted octanol–water partition coefficient (Wildman–Crippen LogP) is 3.11. The van der Waals surface area contributed by atoms with Crippen molar-refractivity contribution in [2.24, 2.45) is 0 Å². The van der Waals surface area contributed by atoms with Gasteiger partial charge in [0.05, 0.1) is 3.57 Å². The van der Waals surface area contributed by atoms with Gasteiger partial charge in [0.2, 0.25) is 5.28 Å². The van der Waals surface area contributed by atoms with Gasteiger partial charge in [-0.15, -0.1) is 0 Å². The van der Waals surface area contributed by atoms with E-state index in [-0.39, 0.29) is 11.3 Å². The van der Waals surface area contributed by atoms with Gasteiger partial charge in [0.1, 0.15) is 5.75 Å². The van der Waals surface area contributed by atoms with Gasteiger partial charge in [-0.1, -0.05) is 12.1 Å². The van der Waals surface area contributed by atoms with Gasteiger partial charge in [-0.3, -0.25) is 0 Å². The van der Waals surface area contributed by atoms with Crippen molar-refractivity contribution >= 4 is 34.2 Å². The summed E-state index contributed by atoms with van der Waals surface area (Å²) in [6, 6.07) is 9.43. The van der Waals surface area contributed by atoms with Crippen LogP contribution in [0.4, 0.5) is 0 Å². The van der Waals surface area contributed by atoms with E-state index >= 15 is 0 Å². The molecule has 20 heavy (non-hydrogen) atoms. The molecule has 0 spiro atoms. The van der Waals surface area contributed by atoms with Crippen molar-refractivity contribution in [3.8, 4) is 17.7 Å². The first kappa shape index (κ1) is 13.3. The van der Waals surface area contributed by atoms with Crippen LogP contribution in [0.5, 0.6) is 11.8 Å². The second kappa shape index (κ2) is 5.71. The molecule has 0 aliphatic carbocycles. The summed E-state index contributed by atoms with van der Waals surface area (Å²) in [6.07, 6.45) is 3.33. The van der Waals surface area contributed by atoms with Gasteiger partial charge in [-0.05, 0) is 52.4 Å². The van der Waals surface area contributed by atoms with E-state index in [9.17, 15) is 0 Å². The third-order valence-corrected chi connectivity index (χ3v) is 3.38. The molecule has 8 heteroatoms. The Morgan fingerprint density at radius 1 is 1.10 bits per heavy atom. The fraction of sp³-hybridized carbons (Fsp3) is 0. The van der Waals surface area contributed by atoms with Crippen molar-refractivity contribution in [3.63, 3.8) is 0 Å². The van der Waals surface area contributed by atoms with Crippen molar-refractivity contribution in [1.29, 1.82) is 0 Å². The standard InChI is InChI=1S/C12H7ClIN5O/c13-10-16-11(19-7-3-6-15-19)18-12(17-10)20-9-5-2-1-4-8(9)14/h1-7H. The Labute approximate surface area is 132 Å². The fourth-order valence-corrected chi connectivity index (χ4v) is 2.13. The molecule has 0 saturated heterocycles. The van der Waals surface area contributed by atoms with Crippen LogP contribution >= 0.6 is 34.2 Å². The molecule has 0 aliphatic rings. The van der Waals surface area contributed by atoms with E-state index < -0.39 is 0 Å². The second-order valence-corrected chi connectivity index (χ2v) is 5.17. The zero-order chi connectivity index (χ0) is 13.9. The molecule has 3 aromatic rings. The van der Waals surface area contributed by atoms with Crippen LogP contribution < -0.4 is 4.74 Å². The zero-order valence-corrected chi connectivity index (χ0v) is 12.9. The predicted molar refractivity (Wildman–Crippen MR) is 81.2 cm³/mol. The van der Waals surface area contributed by atoms with Crippen LogP contribution in [0.15, 0.2) is 42.7 Å². The Kier molecular flexibility index (Phi) is 3.79. The molecule has 0 saturated carbocycles. The summed E-state index contributed by atoms with van der Waals surface area (Å²) >= 11 is 8.06. The lowest BCUT2D eigenvalue weighted by Crippen LogP contribution is -2.05. The number of benzene rings is 1. The van der Waals surface area contributed by atoms with E-state index in [0.717, 1.165) is 3.57 Å². The molecule has 100 valence electrons. The normalized spacial score (nSPS) is 10.5. The molecule has 0 aliphatic heterocycles. The molecule has 2 aromatic heterocycles. The van der Waals surface area contributed by atoms with Gasteiger partial charge in [-0.25, -0.2) is 4.68 Å². The Morgan fingerprint density at radius 2 is 1.95 bits per heavy atom. The van der Waals surface area contributed by atoms with Crippen LogP contribution in [0.25, 0.3) is 5.95 Å². The number of aromatic nitrogens is 5. The SMILES string of the molecule is Clc1nc(Oc2ccccc2I)nc(-n2cccn2)n1. The highest BCUT2D eigenvalue weighted by Crippen LogP contribution is 2.24. The minimum Gasteiger partial charge on any atom is -0.423 e. The molecular weight excluding hydrogens is 393 g/mol. The first-order chi connectivity index (χ1) is 9.72. The third kappa shape index (κ3) is 2.88. The number of ether oxygens (including phenoxy) is 1. The van der Waals surface area contributed by atoms with E-state index in [1.54, 1.807) is 18.5 Å². The topological polar surface area (TPSA) is 65.7 Å². The van der Waals surface area contributed by atoms with Gasteiger partial charge in [0.25, 0.3) is 5.95 Å². The molecule has 0 fully saturated rings. The molecule has 2 heterocycles. The highest BCUT2D eigenvalue weighted by molar-refractivity contribution is 14.1. The van der Waals surface area contributed by atoms with Crippen LogP contribution in [-0.2, 0) is 0 Å². The lowest BCUT2D eigenvalue weighted by Gasteiger charge is -2.07. The summed E-state index contributed by atoms with van der Waals surface area (Å²) in [5, 5.41) is 4.09. The van der Waals surface area contributed by atoms with Crippen LogP contribution in [0.1, 0.15) is 0 Å². The van der Waals surface area contributed by atoms with Gasteiger partial charge < -0.3 is 4.74 Å². The van der Waals surface area contributed by atoms with Crippen LogP contribution in [-0.4, -0.2) is 24.7 Å². The molecular formula is C12H7ClIN5O. The number of hydrogen-bond acceptors (Lipinski definition) is 5. The Morgan fingerprint density at radius 3 is 2.70 bits per heavy atom. The maximum Gasteiger partial charge on any atom is 0.328 e. The monoisotopic (exact) mass is 399 g/mol. The van der Waals surface area contributed by atoms with E-state index in [1.165, 1.54) is 4.68 Å². The van der Waals surface area contributed by atoms with Crippen molar-refractivity contribution in [2.75, 3.05) is 0 Å². The molecule has 0 atom stereocenters. The Bertz CT molecular complexity index is 734. The van der Waals surface area contributed by atoms with Crippen molar-refractivity contribution < 1.29 is 4.74 Å². The average molecular weight is 400 g/mol. The van der Waals surface area contributed by atoms with E-state index in [0.29, 0.717) is 11.7 Å². The summed E-state index contributed by atoms with van der Waals surface area (Å²) in [6.45, 7) is 0. The van der Waals surface area contributed by atoms with Crippen LogP contribution in [0.3, 0.4) is 0 Å². The molecule has 0 unspecified atom stereocenters. The molecule has 0 radical (unpaired) electrons. The first-order valence-electron chi connectivity index (χ1n) is 5.56. The maximum absolute atomic E-state index is 5.89. The maximum atomic E-state index is 5.89. The van der Waals surface area contributed by atoms with Gasteiger partial charge >= 0.3 is 6.01 Å². The first-order valence-corrected chi connectivity index (χ1v) is 7.02. The van der Waals surface area contributed by atoms with Crippen LogP contribution in [0, 0.1) is 3.57 Å². The third-order valence-electron chi connectivity index (χ3n) is 2.32. The summed E-state index contributed by atoms with van der Waals surface area (Å²) in [7, 11) is 0. The minimum atomic E-state index is 0.0476. The van der Waals surface area contributed by atoms with E-state index in [2.05, 4.69) is 42.6 Å². The van der Waals surface area contributed by atoms with E-state index in [1.807, 2.05) is 24.3 Å². The molecule has 0 bridgehead atoms. The molecule has 0 N–H and O–H groups in total. The molecule has 0 amide bonds. The number of nitrogens with zero attached hydrogens (tertiary/aromatic N) is 5. The minimum absolute atomic E-state index is 0.0476. The fourth-order valence-electron chi connectivity index (χ4n) is 1.48. The highest BCUT2D eigenvalue weighted by atomic mass is 127. The lowest BCUT2D eigenvalue weighted by molar-refractivity contribution is 0.434. The van der Waals surface area contributed by atoms with Crippen molar-refractivity contribution in [2.45, 2.75) is 0 Å². The Balaban J connectivity index is 1.97. The Hall–Kier alpha value is -1.74. The van der Waals surface area contributed by atoms with Crippen molar-refractivity contribution in [3.05, 3.63) is 51.6 Å². The van der Waals surface area contributed by atoms with E-state index in [4.69, 9.17) is 16.3 Å². The summed E-state index contributed by atoms with van der Waals surface area (Å²) in [5.74, 6) is 0.956. The van der Waals surface area contributed by atoms with Crippen LogP contribution in [0.2, 0.25) is 5.28 Å². The molecule has 1 aromatic carbocycles. The highest BCUT2D eigenvalue weighted by Gasteiger charge is 2.10. The number of rotatable bonds is 3. The number of halogens is 2. The van der Waals surface area contributed by atoms with Gasteiger partial charge in [0, 0.05) is 12.4 Å².